The van der Waals surface area contributed by atoms with E-state index in [2.05, 4.69) is 10.3 Å². The molecule has 2 amide bonds. The van der Waals surface area contributed by atoms with Gasteiger partial charge < -0.3 is 9.73 Å². The van der Waals surface area contributed by atoms with Crippen molar-refractivity contribution in [2.75, 3.05) is 0 Å². The molecule has 1 aromatic heterocycles. The third-order valence-electron chi connectivity index (χ3n) is 2.89. The molecule has 0 saturated carbocycles. The number of urea groups is 1. The van der Waals surface area contributed by atoms with Crippen molar-refractivity contribution in [3.8, 4) is 0 Å². The van der Waals surface area contributed by atoms with Crippen molar-refractivity contribution in [2.45, 2.75) is 18.3 Å². The molecule has 0 bridgehead atoms. The van der Waals surface area contributed by atoms with Crippen LogP contribution < -0.4 is 5.32 Å². The average Bonchev–Trinajstić information content (AvgIpc) is 2.98. The summed E-state index contributed by atoms with van der Waals surface area (Å²) in [5, 5.41) is 2.53. The molecule has 2 aromatic rings. The van der Waals surface area contributed by atoms with Crippen LogP contribution in [0, 0.1) is 12.7 Å². The molecule has 1 N–H and O–H groups in total. The second-order valence-corrected chi connectivity index (χ2v) is 5.60. The van der Waals surface area contributed by atoms with Crippen LogP contribution >= 0.6 is 23.2 Å². The third-order valence-corrected chi connectivity index (χ3v) is 3.30. The van der Waals surface area contributed by atoms with Gasteiger partial charge in [0.25, 0.3) is 0 Å². The van der Waals surface area contributed by atoms with Crippen LogP contribution in [0.5, 0.6) is 0 Å². The van der Waals surface area contributed by atoms with Crippen molar-refractivity contribution >= 4 is 34.9 Å². The van der Waals surface area contributed by atoms with Crippen LogP contribution in [0.1, 0.15) is 16.9 Å². The molecule has 0 radical (unpaired) electrons. The number of aliphatic imine (C=N–C) groups is 1. The summed E-state index contributed by atoms with van der Waals surface area (Å²) < 4.78 is 18.7. The third kappa shape index (κ3) is 4.32. The van der Waals surface area contributed by atoms with Crippen LogP contribution in [-0.2, 0) is 6.54 Å². The Balaban J connectivity index is 2.15. The van der Waals surface area contributed by atoms with Gasteiger partial charge in [0.2, 0.25) is 0 Å². The zero-order valence-electron chi connectivity index (χ0n) is 11.6. The number of hydrogen-bond donors (Lipinski definition) is 1. The Kier molecular flexibility index (Phi) is 5.57. The van der Waals surface area contributed by atoms with Gasteiger partial charge in [0.1, 0.15) is 16.4 Å². The average molecular weight is 343 g/mol. The number of carbonyl (C=O) groups excluding carboxylic acids is 1. The molecule has 116 valence electrons. The van der Waals surface area contributed by atoms with E-state index in [-0.39, 0.29) is 12.3 Å². The smallest absolute Gasteiger partial charge is 0.341 e. The molecule has 1 heterocycles. The zero-order valence-corrected chi connectivity index (χ0v) is 13.2. The molecule has 0 spiro atoms. The largest absolute Gasteiger partial charge is 0.467 e. The van der Waals surface area contributed by atoms with Crippen LogP contribution in [0.4, 0.5) is 9.18 Å². The lowest BCUT2D eigenvalue weighted by molar-refractivity contribution is 0.248. The van der Waals surface area contributed by atoms with E-state index >= 15 is 0 Å². The number of halogens is 3. The minimum Gasteiger partial charge on any atom is -0.467 e. The highest BCUT2D eigenvalue weighted by atomic mass is 35.5. The van der Waals surface area contributed by atoms with E-state index in [1.807, 2.05) is 0 Å². The van der Waals surface area contributed by atoms with E-state index in [9.17, 15) is 9.18 Å². The van der Waals surface area contributed by atoms with Crippen LogP contribution in [0.2, 0.25) is 0 Å². The van der Waals surface area contributed by atoms with E-state index in [1.54, 1.807) is 31.2 Å². The highest BCUT2D eigenvalue weighted by Gasteiger charge is 2.16. The molecule has 0 aliphatic rings. The van der Waals surface area contributed by atoms with E-state index in [0.717, 1.165) is 0 Å². The molecular weight excluding hydrogens is 330 g/mol. The molecule has 0 fully saturated rings. The fraction of sp³-hybridized carbons (Fsp3) is 0.200. The molecule has 4 nitrogen and oxygen atoms in total. The summed E-state index contributed by atoms with van der Waals surface area (Å²) in [6.07, 6.45) is 1.50. The maximum atomic E-state index is 13.6. The minimum absolute atomic E-state index is 0.0826. The van der Waals surface area contributed by atoms with E-state index in [0.29, 0.717) is 16.9 Å². The van der Waals surface area contributed by atoms with Crippen LogP contribution in [0.25, 0.3) is 0 Å². The molecule has 2 rings (SSSR count). The van der Waals surface area contributed by atoms with Gasteiger partial charge in [0.15, 0.2) is 0 Å². The summed E-state index contributed by atoms with van der Waals surface area (Å²) in [6.45, 7) is 1.81. The summed E-state index contributed by atoms with van der Waals surface area (Å²) in [5.74, 6) is 0.162. The maximum absolute atomic E-state index is 13.6. The number of aryl methyl sites for hydroxylation is 1. The fourth-order valence-corrected chi connectivity index (χ4v) is 2.07. The predicted molar refractivity (Wildman–Crippen MR) is 84.1 cm³/mol. The molecule has 1 aromatic carbocycles. The van der Waals surface area contributed by atoms with E-state index < -0.39 is 16.7 Å². The normalized spacial score (nSPS) is 11.8. The Morgan fingerprint density at radius 3 is 2.77 bits per heavy atom. The summed E-state index contributed by atoms with van der Waals surface area (Å²) >= 11 is 11.7. The van der Waals surface area contributed by atoms with Gasteiger partial charge in [-0.15, -0.1) is 0 Å². The summed E-state index contributed by atoms with van der Waals surface area (Å²) in [7, 11) is 0. The summed E-state index contributed by atoms with van der Waals surface area (Å²) in [5.41, 5.74) is 0.913. The quantitative estimate of drug-likeness (QED) is 0.667. The Hall–Kier alpha value is -1.85. The van der Waals surface area contributed by atoms with Gasteiger partial charge in [0, 0.05) is 5.56 Å². The number of benzene rings is 1. The van der Waals surface area contributed by atoms with Gasteiger partial charge in [0.05, 0.1) is 18.5 Å². The van der Waals surface area contributed by atoms with Crippen molar-refractivity contribution in [3.63, 3.8) is 0 Å². The molecular formula is C15H13Cl2FN2O2. The van der Waals surface area contributed by atoms with Crippen LogP contribution in [0.3, 0.4) is 0 Å². The van der Waals surface area contributed by atoms with Crippen molar-refractivity contribution in [1.82, 2.24) is 5.32 Å². The highest BCUT2D eigenvalue weighted by molar-refractivity contribution is 6.56. The van der Waals surface area contributed by atoms with Crippen molar-refractivity contribution < 1.29 is 13.6 Å². The van der Waals surface area contributed by atoms with Crippen molar-refractivity contribution in [1.29, 1.82) is 0 Å². The Morgan fingerprint density at radius 1 is 1.41 bits per heavy atom. The van der Waals surface area contributed by atoms with Gasteiger partial charge in [-0.3, -0.25) is 0 Å². The molecule has 0 aliphatic carbocycles. The SMILES string of the molecule is Cc1ccc(C(=NC(=O)NCc2ccco2)C(Cl)Cl)cc1F. The standard InChI is InChI=1S/C15H13Cl2FN2O2/c1-9-4-5-10(7-12(9)18)13(14(16)17)20-15(21)19-8-11-3-2-6-22-11/h2-7,14H,8H2,1H3,(H,19,21). The first-order valence-electron chi connectivity index (χ1n) is 6.41. The van der Waals surface area contributed by atoms with Gasteiger partial charge in [-0.2, -0.15) is 4.99 Å². The number of carbonyl (C=O) groups is 1. The number of furan rings is 1. The molecule has 0 unspecified atom stereocenters. The lowest BCUT2D eigenvalue weighted by Crippen LogP contribution is -2.22. The second-order valence-electron chi connectivity index (χ2n) is 4.50. The first-order chi connectivity index (χ1) is 10.5. The molecule has 0 saturated heterocycles. The van der Waals surface area contributed by atoms with Crippen LogP contribution in [-0.4, -0.2) is 16.6 Å². The zero-order chi connectivity index (χ0) is 16.1. The molecule has 22 heavy (non-hydrogen) atoms. The first kappa shape index (κ1) is 16.5. The number of hydrogen-bond acceptors (Lipinski definition) is 2. The molecule has 7 heteroatoms. The first-order valence-corrected chi connectivity index (χ1v) is 7.28. The van der Waals surface area contributed by atoms with E-state index in [4.69, 9.17) is 27.6 Å². The van der Waals surface area contributed by atoms with Crippen molar-refractivity contribution in [2.24, 2.45) is 4.99 Å². The number of rotatable bonds is 4. The Bertz CT molecular complexity index is 685. The van der Waals surface area contributed by atoms with Gasteiger partial charge >= 0.3 is 6.03 Å². The number of amides is 2. The van der Waals surface area contributed by atoms with Crippen LogP contribution in [0.15, 0.2) is 46.0 Å². The Labute approximate surface area is 136 Å². The highest BCUT2D eigenvalue weighted by Crippen LogP contribution is 2.17. The summed E-state index contributed by atoms with van der Waals surface area (Å²) in [6, 6.07) is 7.20. The van der Waals surface area contributed by atoms with Crippen molar-refractivity contribution in [3.05, 3.63) is 59.3 Å². The number of nitrogens with one attached hydrogen (secondary N) is 1. The number of nitrogens with zero attached hydrogens (tertiary/aromatic N) is 1. The van der Waals surface area contributed by atoms with Gasteiger partial charge in [-0.05, 0) is 30.7 Å². The van der Waals surface area contributed by atoms with E-state index in [1.165, 1.54) is 12.3 Å². The predicted octanol–water partition coefficient (Wildman–Crippen LogP) is 4.23. The second kappa shape index (κ2) is 7.42. The monoisotopic (exact) mass is 342 g/mol. The maximum Gasteiger partial charge on any atom is 0.341 e. The van der Waals surface area contributed by atoms with Gasteiger partial charge in [-0.25, -0.2) is 9.18 Å². The summed E-state index contributed by atoms with van der Waals surface area (Å²) in [4.78, 5) is 14.6. The van der Waals surface area contributed by atoms with Gasteiger partial charge in [-0.1, -0.05) is 35.3 Å². The lowest BCUT2D eigenvalue weighted by Gasteiger charge is -2.08. The number of alkyl halides is 2. The lowest BCUT2D eigenvalue weighted by atomic mass is 10.1. The fourth-order valence-electron chi connectivity index (χ4n) is 1.72. The Morgan fingerprint density at radius 2 is 2.18 bits per heavy atom. The molecule has 0 aliphatic heterocycles. The topological polar surface area (TPSA) is 54.6 Å². The molecule has 0 atom stereocenters. The minimum atomic E-state index is -1.06.